The molecule has 0 saturated carbocycles. The Bertz CT molecular complexity index is 553. The SMILES string of the molecule is CNCc1scc(C)c1S(=O)(=O)NC(C)CC(F)(F)F. The van der Waals surface area contributed by atoms with E-state index in [1.165, 1.54) is 18.3 Å². The fourth-order valence-electron chi connectivity index (χ4n) is 1.84. The van der Waals surface area contributed by atoms with Crippen molar-refractivity contribution < 1.29 is 21.6 Å². The van der Waals surface area contributed by atoms with Crippen LogP contribution in [-0.2, 0) is 16.6 Å². The fraction of sp³-hybridized carbons (Fsp3) is 0.636. The number of rotatable bonds is 6. The van der Waals surface area contributed by atoms with E-state index in [-0.39, 0.29) is 4.90 Å². The van der Waals surface area contributed by atoms with E-state index in [9.17, 15) is 21.6 Å². The van der Waals surface area contributed by atoms with Crippen molar-refractivity contribution in [2.24, 2.45) is 0 Å². The largest absolute Gasteiger partial charge is 0.390 e. The Balaban J connectivity index is 2.97. The molecule has 4 nitrogen and oxygen atoms in total. The third kappa shape index (κ3) is 4.72. The molecule has 9 heteroatoms. The molecule has 0 aliphatic heterocycles. The van der Waals surface area contributed by atoms with Crippen molar-refractivity contribution in [2.45, 2.75) is 43.9 Å². The molecule has 0 radical (unpaired) electrons. The minimum absolute atomic E-state index is 0.0749. The van der Waals surface area contributed by atoms with Crippen LogP contribution in [0.15, 0.2) is 10.3 Å². The number of alkyl halides is 3. The van der Waals surface area contributed by atoms with Gasteiger partial charge in [-0.2, -0.15) is 13.2 Å². The van der Waals surface area contributed by atoms with E-state index in [4.69, 9.17) is 0 Å². The Labute approximate surface area is 120 Å². The minimum Gasteiger partial charge on any atom is -0.315 e. The summed E-state index contributed by atoms with van der Waals surface area (Å²) >= 11 is 1.26. The molecule has 0 bridgehead atoms. The molecule has 0 saturated heterocycles. The summed E-state index contributed by atoms with van der Waals surface area (Å²) in [6, 6.07) is -1.21. The van der Waals surface area contributed by atoms with Crippen molar-refractivity contribution in [3.05, 3.63) is 15.8 Å². The Morgan fingerprint density at radius 3 is 2.50 bits per heavy atom. The van der Waals surface area contributed by atoms with Crippen LogP contribution in [0.4, 0.5) is 13.2 Å². The topological polar surface area (TPSA) is 58.2 Å². The first-order chi connectivity index (χ1) is 9.07. The van der Waals surface area contributed by atoms with E-state index in [0.29, 0.717) is 17.0 Å². The zero-order valence-corrected chi connectivity index (χ0v) is 13.0. The molecular formula is C11H17F3N2O2S2. The second kappa shape index (κ2) is 6.42. The Morgan fingerprint density at radius 2 is 2.00 bits per heavy atom. The number of halogens is 3. The van der Waals surface area contributed by atoms with Crippen LogP contribution in [0.2, 0.25) is 0 Å². The molecule has 0 spiro atoms. The fourth-order valence-corrected chi connectivity index (χ4v) is 4.91. The van der Waals surface area contributed by atoms with E-state index < -0.39 is 28.7 Å². The lowest BCUT2D eigenvalue weighted by molar-refractivity contribution is -0.137. The normalized spacial score (nSPS) is 14.5. The summed E-state index contributed by atoms with van der Waals surface area (Å²) in [6.07, 6.45) is -5.60. The van der Waals surface area contributed by atoms with Gasteiger partial charge >= 0.3 is 6.18 Å². The van der Waals surface area contributed by atoms with E-state index in [1.54, 1.807) is 19.4 Å². The average Bonchev–Trinajstić information content (AvgIpc) is 2.56. The van der Waals surface area contributed by atoms with E-state index in [1.807, 2.05) is 0 Å². The highest BCUT2D eigenvalue weighted by atomic mass is 32.2. The molecule has 1 unspecified atom stereocenters. The highest BCUT2D eigenvalue weighted by molar-refractivity contribution is 7.89. The molecule has 1 aromatic heterocycles. The third-order valence-electron chi connectivity index (χ3n) is 2.49. The van der Waals surface area contributed by atoms with Gasteiger partial charge in [0.2, 0.25) is 10.0 Å². The number of thiophene rings is 1. The second-order valence-electron chi connectivity index (χ2n) is 4.54. The lowest BCUT2D eigenvalue weighted by Crippen LogP contribution is -2.36. The molecule has 1 atom stereocenters. The van der Waals surface area contributed by atoms with Crippen molar-refractivity contribution >= 4 is 21.4 Å². The van der Waals surface area contributed by atoms with Crippen molar-refractivity contribution in [1.82, 2.24) is 10.0 Å². The Morgan fingerprint density at radius 1 is 1.40 bits per heavy atom. The zero-order chi connectivity index (χ0) is 15.6. The van der Waals surface area contributed by atoms with E-state index in [2.05, 4.69) is 10.0 Å². The van der Waals surface area contributed by atoms with Gasteiger partial charge in [0.05, 0.1) is 6.42 Å². The lowest BCUT2D eigenvalue weighted by atomic mass is 10.2. The van der Waals surface area contributed by atoms with Gasteiger partial charge in [0.25, 0.3) is 0 Å². The van der Waals surface area contributed by atoms with Gasteiger partial charge in [-0.15, -0.1) is 11.3 Å². The summed E-state index contributed by atoms with van der Waals surface area (Å²) in [6.45, 7) is 3.17. The summed E-state index contributed by atoms with van der Waals surface area (Å²) in [5.41, 5.74) is 0.534. The number of hydrogen-bond acceptors (Lipinski definition) is 4. The number of hydrogen-bond donors (Lipinski definition) is 2. The molecule has 1 heterocycles. The van der Waals surface area contributed by atoms with Gasteiger partial charge < -0.3 is 5.32 Å². The summed E-state index contributed by atoms with van der Waals surface area (Å²) in [7, 11) is -2.28. The van der Waals surface area contributed by atoms with Gasteiger partial charge in [-0.3, -0.25) is 0 Å². The van der Waals surface area contributed by atoms with Gasteiger partial charge in [-0.05, 0) is 31.8 Å². The molecule has 0 aromatic carbocycles. The first kappa shape index (κ1) is 17.4. The molecule has 2 N–H and O–H groups in total. The van der Waals surface area contributed by atoms with Crippen molar-refractivity contribution in [2.75, 3.05) is 7.05 Å². The molecule has 1 rings (SSSR count). The Hall–Kier alpha value is -0.640. The highest BCUT2D eigenvalue weighted by Gasteiger charge is 2.33. The van der Waals surface area contributed by atoms with Gasteiger partial charge in [0.15, 0.2) is 0 Å². The van der Waals surface area contributed by atoms with Gasteiger partial charge in [0, 0.05) is 17.5 Å². The van der Waals surface area contributed by atoms with Crippen LogP contribution >= 0.6 is 11.3 Å². The second-order valence-corrected chi connectivity index (χ2v) is 7.16. The maximum atomic E-state index is 12.3. The lowest BCUT2D eigenvalue weighted by Gasteiger charge is -2.16. The predicted molar refractivity (Wildman–Crippen MR) is 72.3 cm³/mol. The van der Waals surface area contributed by atoms with E-state index in [0.717, 1.165) is 0 Å². The van der Waals surface area contributed by atoms with E-state index >= 15 is 0 Å². The number of nitrogens with one attached hydrogen (secondary N) is 2. The number of aryl methyl sites for hydroxylation is 1. The van der Waals surface area contributed by atoms with Crippen LogP contribution < -0.4 is 10.0 Å². The molecule has 0 aliphatic carbocycles. The molecule has 20 heavy (non-hydrogen) atoms. The molecular weight excluding hydrogens is 313 g/mol. The third-order valence-corrected chi connectivity index (χ3v) is 5.54. The minimum atomic E-state index is -4.40. The first-order valence-electron chi connectivity index (χ1n) is 5.87. The smallest absolute Gasteiger partial charge is 0.315 e. The van der Waals surface area contributed by atoms with Gasteiger partial charge in [-0.25, -0.2) is 13.1 Å². The molecule has 1 aromatic rings. The van der Waals surface area contributed by atoms with Crippen LogP contribution in [0.25, 0.3) is 0 Å². The standard InChI is InChI=1S/C11H17F3N2O2S2/c1-7-6-19-9(5-15-3)10(7)20(17,18)16-8(2)4-11(12,13)14/h6,8,15-16H,4-5H2,1-3H3. The first-order valence-corrected chi connectivity index (χ1v) is 8.23. The molecule has 0 fully saturated rings. The van der Waals surface area contributed by atoms with Gasteiger partial charge in [0.1, 0.15) is 4.90 Å². The van der Waals surface area contributed by atoms with Crippen LogP contribution in [0.1, 0.15) is 23.8 Å². The van der Waals surface area contributed by atoms with Crippen LogP contribution in [0, 0.1) is 6.92 Å². The van der Waals surface area contributed by atoms with Crippen molar-refractivity contribution in [3.63, 3.8) is 0 Å². The zero-order valence-electron chi connectivity index (χ0n) is 11.3. The Kier molecular flexibility index (Phi) is 5.59. The van der Waals surface area contributed by atoms with Crippen molar-refractivity contribution in [1.29, 1.82) is 0 Å². The summed E-state index contributed by atoms with van der Waals surface area (Å²) in [5.74, 6) is 0. The summed E-state index contributed by atoms with van der Waals surface area (Å²) < 4.78 is 63.3. The monoisotopic (exact) mass is 330 g/mol. The average molecular weight is 330 g/mol. The van der Waals surface area contributed by atoms with Crippen LogP contribution in [-0.4, -0.2) is 27.7 Å². The highest BCUT2D eigenvalue weighted by Crippen LogP contribution is 2.28. The van der Waals surface area contributed by atoms with Crippen LogP contribution in [0.5, 0.6) is 0 Å². The van der Waals surface area contributed by atoms with Gasteiger partial charge in [-0.1, -0.05) is 0 Å². The molecule has 0 amide bonds. The summed E-state index contributed by atoms with van der Waals surface area (Å²) in [5, 5.41) is 4.52. The quantitative estimate of drug-likeness (QED) is 0.842. The van der Waals surface area contributed by atoms with Crippen LogP contribution in [0.3, 0.4) is 0 Å². The van der Waals surface area contributed by atoms with Crippen molar-refractivity contribution in [3.8, 4) is 0 Å². The number of sulfonamides is 1. The summed E-state index contributed by atoms with van der Waals surface area (Å²) in [4.78, 5) is 0.655. The predicted octanol–water partition coefficient (Wildman–Crippen LogP) is 2.40. The molecule has 116 valence electrons. The maximum absolute atomic E-state index is 12.3. The molecule has 0 aliphatic rings. The maximum Gasteiger partial charge on any atom is 0.390 e.